The molecule has 20 heavy (non-hydrogen) atoms. The summed E-state index contributed by atoms with van der Waals surface area (Å²) in [6, 6.07) is 10.2. The normalized spacial score (nSPS) is 16.4. The Morgan fingerprint density at radius 3 is 2.70 bits per heavy atom. The third-order valence-corrected chi connectivity index (χ3v) is 3.85. The number of aryl methyl sites for hydroxylation is 3. The molecule has 3 rings (SSSR count). The van der Waals surface area contributed by atoms with E-state index in [1.165, 1.54) is 10.4 Å². The maximum Gasteiger partial charge on any atom is 0.402 e. The smallest absolute Gasteiger partial charge is 0.293 e. The molecular formula is C17H20BN2+. The van der Waals surface area contributed by atoms with Gasteiger partial charge in [0.15, 0.2) is 0 Å². The van der Waals surface area contributed by atoms with Crippen molar-refractivity contribution in [3.63, 3.8) is 0 Å². The molecule has 0 aliphatic carbocycles. The van der Waals surface area contributed by atoms with Gasteiger partial charge >= 0.3 is 6.85 Å². The van der Waals surface area contributed by atoms with Crippen LogP contribution >= 0.6 is 0 Å². The SMILES string of the molecule is [2H]C([2H])([2H])c1c[n+](C)c(N2C=c3ccccc3=CB2C)cc1C. The average Bonchev–Trinajstić information content (AvgIpc) is 2.47. The highest BCUT2D eigenvalue weighted by Crippen LogP contribution is 2.16. The summed E-state index contributed by atoms with van der Waals surface area (Å²) in [5, 5.41) is 2.40. The first-order valence-electron chi connectivity index (χ1n) is 8.35. The molecule has 100 valence electrons. The van der Waals surface area contributed by atoms with Gasteiger partial charge in [-0.25, -0.2) is 4.57 Å². The Balaban J connectivity index is 2.13. The first-order chi connectivity index (χ1) is 10.8. The third-order valence-electron chi connectivity index (χ3n) is 3.85. The van der Waals surface area contributed by atoms with Crippen molar-refractivity contribution in [1.29, 1.82) is 0 Å². The van der Waals surface area contributed by atoms with E-state index in [0.29, 0.717) is 5.56 Å². The summed E-state index contributed by atoms with van der Waals surface area (Å²) in [7, 11) is 1.89. The van der Waals surface area contributed by atoms with Gasteiger partial charge in [-0.05, 0) is 36.9 Å². The molecule has 0 fully saturated rings. The number of hydrogen-bond acceptors (Lipinski definition) is 1. The lowest BCUT2D eigenvalue weighted by Crippen LogP contribution is -2.48. The molecular weight excluding hydrogens is 243 g/mol. The summed E-state index contributed by atoms with van der Waals surface area (Å²) in [4.78, 5) is 2.18. The Morgan fingerprint density at radius 2 is 1.95 bits per heavy atom. The van der Waals surface area contributed by atoms with Gasteiger partial charge in [-0.2, -0.15) is 0 Å². The van der Waals surface area contributed by atoms with Crippen molar-refractivity contribution < 1.29 is 8.68 Å². The number of nitrogens with zero attached hydrogens (tertiary/aromatic N) is 2. The van der Waals surface area contributed by atoms with Gasteiger partial charge in [0.25, 0.3) is 5.82 Å². The molecule has 0 saturated heterocycles. The molecule has 2 heterocycles. The lowest BCUT2D eigenvalue weighted by atomic mass is 9.61. The Labute approximate surface area is 125 Å². The molecule has 0 radical (unpaired) electrons. The second-order valence-corrected chi connectivity index (χ2v) is 5.41. The lowest BCUT2D eigenvalue weighted by Gasteiger charge is -2.20. The number of hydrogen-bond donors (Lipinski definition) is 0. The van der Waals surface area contributed by atoms with Gasteiger partial charge in [0.05, 0.1) is 19.4 Å². The number of anilines is 1. The molecule has 3 heteroatoms. The van der Waals surface area contributed by atoms with E-state index in [4.69, 9.17) is 4.11 Å². The van der Waals surface area contributed by atoms with E-state index in [-0.39, 0.29) is 6.85 Å². The largest absolute Gasteiger partial charge is 0.402 e. The summed E-state index contributed by atoms with van der Waals surface area (Å²) in [5.74, 6) is 3.20. The zero-order valence-corrected chi connectivity index (χ0v) is 12.1. The highest BCUT2D eigenvalue weighted by Gasteiger charge is 2.27. The van der Waals surface area contributed by atoms with Crippen LogP contribution in [0, 0.1) is 13.8 Å². The van der Waals surface area contributed by atoms with Gasteiger partial charge in [-0.1, -0.05) is 30.2 Å². The fraction of sp³-hybridized carbons (Fsp3) is 0.235. The zero-order chi connectivity index (χ0) is 16.8. The highest BCUT2D eigenvalue weighted by atomic mass is 15.2. The maximum atomic E-state index is 7.65. The summed E-state index contributed by atoms with van der Waals surface area (Å²) < 4.78 is 24.9. The van der Waals surface area contributed by atoms with Crippen molar-refractivity contribution in [2.75, 3.05) is 4.81 Å². The van der Waals surface area contributed by atoms with Crippen LogP contribution in [0.2, 0.25) is 6.82 Å². The van der Waals surface area contributed by atoms with Crippen LogP contribution in [-0.4, -0.2) is 6.85 Å². The number of rotatable bonds is 1. The second kappa shape index (κ2) is 4.82. The zero-order valence-electron chi connectivity index (χ0n) is 15.1. The van der Waals surface area contributed by atoms with Crippen LogP contribution in [0.4, 0.5) is 5.82 Å². The number of benzene rings is 1. The summed E-state index contributed by atoms with van der Waals surface area (Å²) in [6.45, 7) is 2.11. The molecule has 1 aliphatic rings. The Bertz CT molecular complexity index is 874. The molecule has 0 atom stereocenters. The van der Waals surface area contributed by atoms with Crippen molar-refractivity contribution in [3.8, 4) is 0 Å². The Hall–Kier alpha value is -2.03. The average molecular weight is 266 g/mol. The predicted octanol–water partition coefficient (Wildman–Crippen LogP) is 1.33. The molecule has 0 bridgehead atoms. The molecule has 2 aromatic rings. The number of aromatic nitrogens is 1. The quantitative estimate of drug-likeness (QED) is 0.558. The van der Waals surface area contributed by atoms with Crippen molar-refractivity contribution in [2.24, 2.45) is 7.05 Å². The number of fused-ring (bicyclic) bond motifs is 1. The first-order valence-corrected chi connectivity index (χ1v) is 6.85. The topological polar surface area (TPSA) is 7.12 Å². The molecule has 0 saturated carbocycles. The van der Waals surface area contributed by atoms with Gasteiger partial charge in [0, 0.05) is 15.4 Å². The van der Waals surface area contributed by atoms with Crippen molar-refractivity contribution in [2.45, 2.75) is 20.6 Å². The van der Waals surface area contributed by atoms with Gasteiger partial charge in [-0.3, -0.25) is 4.81 Å². The van der Waals surface area contributed by atoms with E-state index in [1.807, 2.05) is 36.7 Å². The van der Waals surface area contributed by atoms with Gasteiger partial charge in [0.1, 0.15) is 0 Å². The molecule has 2 nitrogen and oxygen atoms in total. The van der Waals surface area contributed by atoms with Crippen LogP contribution in [-0.2, 0) is 7.05 Å². The molecule has 0 N–H and O–H groups in total. The van der Waals surface area contributed by atoms with Crippen LogP contribution in [0.3, 0.4) is 0 Å². The van der Waals surface area contributed by atoms with E-state index >= 15 is 0 Å². The van der Waals surface area contributed by atoms with Gasteiger partial charge < -0.3 is 0 Å². The van der Waals surface area contributed by atoms with Crippen LogP contribution in [0.5, 0.6) is 0 Å². The summed E-state index contributed by atoms with van der Waals surface area (Å²) in [6.07, 6.45) is 3.85. The molecule has 1 aromatic carbocycles. The van der Waals surface area contributed by atoms with Crippen molar-refractivity contribution in [3.05, 3.63) is 58.1 Å². The van der Waals surface area contributed by atoms with Gasteiger partial charge in [0.2, 0.25) is 0 Å². The minimum Gasteiger partial charge on any atom is -0.293 e. The van der Waals surface area contributed by atoms with E-state index < -0.39 is 6.85 Å². The fourth-order valence-corrected chi connectivity index (χ4v) is 2.65. The predicted molar refractivity (Wildman–Crippen MR) is 85.8 cm³/mol. The minimum atomic E-state index is -2.09. The Morgan fingerprint density at radius 1 is 1.20 bits per heavy atom. The summed E-state index contributed by atoms with van der Waals surface area (Å²) >= 11 is 0. The monoisotopic (exact) mass is 266 g/mol. The Kier molecular flexibility index (Phi) is 2.37. The van der Waals surface area contributed by atoms with Crippen LogP contribution in [0.1, 0.15) is 15.2 Å². The third kappa shape index (κ3) is 2.13. The van der Waals surface area contributed by atoms with Gasteiger partial charge in [-0.15, -0.1) is 0 Å². The molecule has 0 amide bonds. The highest BCUT2D eigenvalue weighted by molar-refractivity contribution is 6.76. The maximum absolute atomic E-state index is 7.65. The van der Waals surface area contributed by atoms with Crippen LogP contribution in [0.15, 0.2) is 36.5 Å². The second-order valence-electron chi connectivity index (χ2n) is 5.41. The molecule has 0 unspecified atom stereocenters. The van der Waals surface area contributed by atoms with E-state index in [1.54, 1.807) is 6.20 Å². The van der Waals surface area contributed by atoms with E-state index in [0.717, 1.165) is 11.4 Å². The van der Waals surface area contributed by atoms with Crippen LogP contribution < -0.4 is 19.8 Å². The lowest BCUT2D eigenvalue weighted by molar-refractivity contribution is -0.658. The minimum absolute atomic E-state index is 0.203. The molecule has 1 aromatic heterocycles. The standard InChI is InChI=1S/C17H20BN2/c1-13-9-17(19(4)11-14(13)2)20-12-16-8-6-5-7-15(16)10-18(20)3/h5-12H,1-4H3/q+1/i2D3. The first kappa shape index (κ1) is 9.81. The summed E-state index contributed by atoms with van der Waals surface area (Å²) in [5.41, 5.74) is 1.19. The van der Waals surface area contributed by atoms with Crippen molar-refractivity contribution in [1.82, 2.24) is 0 Å². The van der Waals surface area contributed by atoms with E-state index in [2.05, 4.69) is 35.9 Å². The fourth-order valence-electron chi connectivity index (χ4n) is 2.65. The number of pyridine rings is 1. The molecule has 0 spiro atoms. The van der Waals surface area contributed by atoms with Crippen LogP contribution in [0.25, 0.3) is 12.2 Å². The van der Waals surface area contributed by atoms with Crippen molar-refractivity contribution >= 4 is 24.8 Å². The molecule has 1 aliphatic heterocycles. The van der Waals surface area contributed by atoms with E-state index in [9.17, 15) is 0 Å².